The number of likely N-dealkylation sites (N-methyl/N-ethyl adjacent to an activating group) is 1. The number of hydrogen-bond donors (Lipinski definition) is 1. The third-order valence-corrected chi connectivity index (χ3v) is 7.86. The number of carbonyl (C=O) groups excluding carboxylic acids is 2. The fourth-order valence-corrected chi connectivity index (χ4v) is 6.28. The maximum absolute atomic E-state index is 13.0. The average molecular weight is 421 g/mol. The second kappa shape index (κ2) is 6.42. The summed E-state index contributed by atoms with van der Waals surface area (Å²) in [5.74, 6) is -1.24. The molecule has 1 atom stereocenters. The molecule has 27 heavy (non-hydrogen) atoms. The molecular weight excluding hydrogens is 408 g/mol. The fraction of sp³-hybridized carbons (Fsp3) is 0.111. The lowest BCUT2D eigenvalue weighted by Crippen LogP contribution is -2.52. The van der Waals surface area contributed by atoms with E-state index in [4.69, 9.17) is 11.6 Å². The third kappa shape index (κ3) is 2.85. The number of halogens is 1. The fourth-order valence-electron chi connectivity index (χ4n) is 3.04. The molecule has 0 bridgehead atoms. The van der Waals surface area contributed by atoms with E-state index in [0.717, 1.165) is 15.6 Å². The largest absolute Gasteiger partial charge is 0.324 e. The first-order valence-corrected chi connectivity index (χ1v) is 10.5. The van der Waals surface area contributed by atoms with Gasteiger partial charge in [0.15, 0.2) is 6.04 Å². The number of amides is 1. The van der Waals surface area contributed by atoms with Crippen LogP contribution in [0.25, 0.3) is 10.1 Å². The molecular formula is C18H13ClN2O4S2. The number of ketones is 1. The predicted octanol–water partition coefficient (Wildman–Crippen LogP) is 3.38. The molecule has 0 radical (unpaired) electrons. The van der Waals surface area contributed by atoms with Crippen molar-refractivity contribution < 1.29 is 18.0 Å². The molecule has 138 valence electrons. The molecule has 1 aromatic heterocycles. The minimum absolute atomic E-state index is 0.0221. The summed E-state index contributed by atoms with van der Waals surface area (Å²) in [6.45, 7) is 0. The zero-order valence-corrected chi connectivity index (χ0v) is 16.4. The number of rotatable bonds is 2. The Kier molecular flexibility index (Phi) is 4.31. The highest BCUT2D eigenvalue weighted by molar-refractivity contribution is 7.89. The molecule has 3 aromatic rings. The van der Waals surface area contributed by atoms with Gasteiger partial charge in [0, 0.05) is 27.8 Å². The Labute approximate surface area is 164 Å². The molecule has 9 heteroatoms. The first kappa shape index (κ1) is 18.1. The van der Waals surface area contributed by atoms with Gasteiger partial charge in [0.05, 0.1) is 4.88 Å². The first-order chi connectivity index (χ1) is 12.8. The third-order valence-electron chi connectivity index (χ3n) is 4.38. The van der Waals surface area contributed by atoms with Crippen molar-refractivity contribution in [2.24, 2.45) is 0 Å². The van der Waals surface area contributed by atoms with E-state index in [0.29, 0.717) is 20.8 Å². The number of Topliss-reactive ketones (excluding diaryl/α,β-unsaturated/α-hetero) is 1. The zero-order valence-electron chi connectivity index (χ0n) is 14.0. The predicted molar refractivity (Wildman–Crippen MR) is 105 cm³/mol. The summed E-state index contributed by atoms with van der Waals surface area (Å²) >= 11 is 6.91. The van der Waals surface area contributed by atoms with Crippen molar-refractivity contribution in [1.82, 2.24) is 4.31 Å². The van der Waals surface area contributed by atoms with Gasteiger partial charge >= 0.3 is 0 Å². The van der Waals surface area contributed by atoms with E-state index < -0.39 is 27.8 Å². The van der Waals surface area contributed by atoms with Crippen molar-refractivity contribution in [1.29, 1.82) is 0 Å². The average Bonchev–Trinajstić information content (AvgIpc) is 3.03. The quantitative estimate of drug-likeness (QED) is 0.644. The van der Waals surface area contributed by atoms with E-state index in [9.17, 15) is 18.0 Å². The number of nitrogens with one attached hydrogen (secondary N) is 1. The number of carbonyl (C=O) groups is 2. The Hall–Kier alpha value is -2.26. The van der Waals surface area contributed by atoms with Crippen molar-refractivity contribution in [3.8, 4) is 0 Å². The second-order valence-corrected chi connectivity index (χ2v) is 9.46. The van der Waals surface area contributed by atoms with Crippen LogP contribution in [-0.2, 0) is 14.8 Å². The lowest BCUT2D eigenvalue weighted by atomic mass is 10.1. The molecule has 0 fully saturated rings. The van der Waals surface area contributed by atoms with Gasteiger partial charge in [-0.3, -0.25) is 9.59 Å². The molecule has 6 nitrogen and oxygen atoms in total. The van der Waals surface area contributed by atoms with E-state index in [1.165, 1.54) is 7.05 Å². The smallest absolute Gasteiger partial charge is 0.250 e. The van der Waals surface area contributed by atoms with Gasteiger partial charge in [-0.05, 0) is 30.3 Å². The molecule has 0 saturated heterocycles. The lowest BCUT2D eigenvalue weighted by Gasteiger charge is -2.29. The molecule has 1 N–H and O–H groups in total. The van der Waals surface area contributed by atoms with Crippen LogP contribution in [0.2, 0.25) is 5.02 Å². The van der Waals surface area contributed by atoms with Crippen molar-refractivity contribution in [2.75, 3.05) is 12.4 Å². The molecule has 0 spiro atoms. The van der Waals surface area contributed by atoms with E-state index in [2.05, 4.69) is 5.32 Å². The minimum atomic E-state index is -3.99. The molecule has 1 amide bonds. The number of hydrogen-bond acceptors (Lipinski definition) is 5. The van der Waals surface area contributed by atoms with Crippen LogP contribution < -0.4 is 5.32 Å². The summed E-state index contributed by atoms with van der Waals surface area (Å²) in [4.78, 5) is 25.8. The Morgan fingerprint density at radius 2 is 1.81 bits per heavy atom. The molecule has 0 aliphatic carbocycles. The van der Waals surface area contributed by atoms with Crippen molar-refractivity contribution in [3.63, 3.8) is 0 Å². The van der Waals surface area contributed by atoms with Gasteiger partial charge in [0.25, 0.3) is 5.91 Å². The Morgan fingerprint density at radius 3 is 2.52 bits per heavy atom. The van der Waals surface area contributed by atoms with Crippen molar-refractivity contribution in [3.05, 3.63) is 58.4 Å². The second-order valence-electron chi connectivity index (χ2n) is 6.04. The van der Waals surface area contributed by atoms with Crippen LogP contribution in [-0.4, -0.2) is 37.5 Å². The molecule has 1 aliphatic rings. The Balaban J connectivity index is 1.78. The lowest BCUT2D eigenvalue weighted by molar-refractivity contribution is -0.118. The molecule has 2 aromatic carbocycles. The summed E-state index contributed by atoms with van der Waals surface area (Å²) in [6.07, 6.45) is 0. The molecule has 4 rings (SSSR count). The van der Waals surface area contributed by atoms with Crippen LogP contribution >= 0.6 is 22.9 Å². The molecule has 1 aliphatic heterocycles. The number of nitrogens with zero attached hydrogens (tertiary/aromatic N) is 1. The minimum Gasteiger partial charge on any atom is -0.324 e. The number of benzene rings is 2. The summed E-state index contributed by atoms with van der Waals surface area (Å²) < 4.78 is 27.6. The maximum atomic E-state index is 13.0. The number of thiophene rings is 1. The number of sulfonamides is 1. The van der Waals surface area contributed by atoms with Crippen LogP contribution in [0.5, 0.6) is 0 Å². The van der Waals surface area contributed by atoms with Crippen LogP contribution in [0.3, 0.4) is 0 Å². The molecule has 0 saturated carbocycles. The first-order valence-electron chi connectivity index (χ1n) is 7.91. The van der Waals surface area contributed by atoms with Crippen molar-refractivity contribution >= 4 is 60.4 Å². The Morgan fingerprint density at radius 1 is 1.15 bits per heavy atom. The van der Waals surface area contributed by atoms with Gasteiger partial charge in [0.1, 0.15) is 4.90 Å². The monoisotopic (exact) mass is 420 g/mol. The SMILES string of the molecule is CN1C(C(=O)Nc2ccc(Cl)cc2)C(=O)c2sc3ccccc3c2S1(=O)=O. The van der Waals surface area contributed by atoms with Crippen molar-refractivity contribution in [2.45, 2.75) is 10.9 Å². The molecule has 1 unspecified atom stereocenters. The van der Waals surface area contributed by atoms with E-state index in [1.807, 2.05) is 0 Å². The summed E-state index contributed by atoms with van der Waals surface area (Å²) in [7, 11) is -2.74. The Bertz CT molecular complexity index is 1190. The van der Waals surface area contributed by atoms with Crippen LogP contribution in [0.1, 0.15) is 9.67 Å². The zero-order chi connectivity index (χ0) is 19.3. The molecule has 2 heterocycles. The standard InChI is InChI=1S/C18H13ClN2O4S2/c1-21-14(18(23)20-11-8-6-10(19)7-9-11)15(22)16-17(27(21,24)25)12-4-2-3-5-13(12)26-16/h2-9,14H,1H3,(H,20,23). The highest BCUT2D eigenvalue weighted by Gasteiger charge is 2.47. The van der Waals surface area contributed by atoms with Crippen LogP contribution in [0.15, 0.2) is 53.4 Å². The summed E-state index contributed by atoms with van der Waals surface area (Å²) in [5.41, 5.74) is 0.421. The van der Waals surface area contributed by atoms with Gasteiger partial charge in [0.2, 0.25) is 15.8 Å². The normalized spacial score (nSPS) is 19.0. The number of anilines is 1. The van der Waals surface area contributed by atoms with Crippen LogP contribution in [0, 0.1) is 0 Å². The summed E-state index contributed by atoms with van der Waals surface area (Å²) in [5, 5.41) is 3.57. The number of fused-ring (bicyclic) bond motifs is 3. The van der Waals surface area contributed by atoms with Gasteiger partial charge in [-0.2, -0.15) is 4.31 Å². The highest BCUT2D eigenvalue weighted by Crippen LogP contribution is 2.40. The topological polar surface area (TPSA) is 83.6 Å². The van der Waals surface area contributed by atoms with Crippen LogP contribution in [0.4, 0.5) is 5.69 Å². The van der Waals surface area contributed by atoms with Gasteiger partial charge in [-0.25, -0.2) is 8.42 Å². The van der Waals surface area contributed by atoms with E-state index in [-0.39, 0.29) is 9.77 Å². The van der Waals surface area contributed by atoms with E-state index >= 15 is 0 Å². The summed E-state index contributed by atoms with van der Waals surface area (Å²) in [6, 6.07) is 11.8. The maximum Gasteiger partial charge on any atom is 0.250 e. The van der Waals surface area contributed by atoms with Gasteiger partial charge in [-0.15, -0.1) is 11.3 Å². The highest BCUT2D eigenvalue weighted by atomic mass is 35.5. The van der Waals surface area contributed by atoms with E-state index in [1.54, 1.807) is 48.5 Å². The van der Waals surface area contributed by atoms with Gasteiger partial charge < -0.3 is 5.32 Å². The van der Waals surface area contributed by atoms with Gasteiger partial charge in [-0.1, -0.05) is 29.8 Å².